The second kappa shape index (κ2) is 6.47. The van der Waals surface area contributed by atoms with Gasteiger partial charge in [-0.15, -0.1) is 0 Å². The fraction of sp³-hybridized carbons (Fsp3) is 0.357. The highest BCUT2D eigenvalue weighted by Gasteiger charge is 2.14. The van der Waals surface area contributed by atoms with E-state index in [1.807, 2.05) is 38.1 Å². The van der Waals surface area contributed by atoms with Gasteiger partial charge in [0.25, 0.3) is 5.91 Å². The summed E-state index contributed by atoms with van der Waals surface area (Å²) in [5.74, 6) is -0.169. The van der Waals surface area contributed by atoms with Crippen molar-refractivity contribution in [2.24, 2.45) is 5.10 Å². The van der Waals surface area contributed by atoms with Crippen molar-refractivity contribution in [3.63, 3.8) is 0 Å². The van der Waals surface area contributed by atoms with Gasteiger partial charge in [-0.05, 0) is 32.4 Å². The van der Waals surface area contributed by atoms with Gasteiger partial charge < -0.3 is 5.32 Å². The van der Waals surface area contributed by atoms with Gasteiger partial charge in [-0.1, -0.05) is 30.4 Å². The van der Waals surface area contributed by atoms with Crippen molar-refractivity contribution in [1.82, 2.24) is 10.4 Å². The molecule has 1 heterocycles. The summed E-state index contributed by atoms with van der Waals surface area (Å²) in [7, 11) is 0. The van der Waals surface area contributed by atoms with Crippen molar-refractivity contribution in [3.8, 4) is 0 Å². The van der Waals surface area contributed by atoms with E-state index in [9.17, 15) is 4.79 Å². The van der Waals surface area contributed by atoms with Gasteiger partial charge in [0.2, 0.25) is 0 Å². The molecule has 2 rings (SSSR count). The van der Waals surface area contributed by atoms with Crippen LogP contribution in [0.2, 0.25) is 0 Å². The molecule has 106 valence electrons. The molecule has 0 bridgehead atoms. The number of hydrogen-bond donors (Lipinski definition) is 2. The molecule has 0 spiro atoms. The number of hydrogen-bond acceptors (Lipinski definition) is 5. The molecule has 0 saturated heterocycles. The second-order valence-corrected chi connectivity index (χ2v) is 5.56. The average Bonchev–Trinajstić information content (AvgIpc) is 2.86. The molecule has 1 aromatic carbocycles. The molecular weight excluding hydrogens is 272 g/mol. The summed E-state index contributed by atoms with van der Waals surface area (Å²) in [6.07, 6.45) is 0.819. The first kappa shape index (κ1) is 14.5. The van der Waals surface area contributed by atoms with Gasteiger partial charge in [0.15, 0.2) is 5.13 Å². The predicted molar refractivity (Wildman–Crippen MR) is 84.2 cm³/mol. The Hall–Kier alpha value is -1.95. The molecule has 1 aromatic heterocycles. The normalized spacial score (nSPS) is 13.2. The predicted octanol–water partition coefficient (Wildman–Crippen LogP) is 3.00. The Morgan fingerprint density at radius 3 is 2.90 bits per heavy atom. The summed E-state index contributed by atoms with van der Waals surface area (Å²) >= 11 is 1.53. The molecule has 1 atom stereocenters. The van der Waals surface area contributed by atoms with E-state index in [1.165, 1.54) is 11.3 Å². The average molecular weight is 290 g/mol. The molecule has 2 aromatic rings. The molecule has 5 nitrogen and oxygen atoms in total. The number of hydrazone groups is 1. The standard InChI is InChI=1S/C14H18N4OS/c1-4-9(2)17-18-13(19)10(3)15-14-16-11-7-5-6-8-12(11)20-14/h5-8,10H,4H2,1-3H3,(H,15,16)(H,18,19)/b17-9-/t10-/m1/s1. The monoisotopic (exact) mass is 290 g/mol. The van der Waals surface area contributed by atoms with E-state index < -0.39 is 0 Å². The van der Waals surface area contributed by atoms with Crippen LogP contribution in [0.25, 0.3) is 10.2 Å². The quantitative estimate of drug-likeness (QED) is 0.657. The SMILES string of the molecule is CC/C(C)=N\NC(=O)[C@@H](C)Nc1nc2ccccc2s1. The molecule has 0 aliphatic carbocycles. The number of nitrogens with one attached hydrogen (secondary N) is 2. The van der Waals surface area contributed by atoms with Crippen molar-refractivity contribution in [3.05, 3.63) is 24.3 Å². The molecular formula is C14H18N4OS. The minimum Gasteiger partial charge on any atom is -0.350 e. The van der Waals surface area contributed by atoms with Crippen molar-refractivity contribution in [2.45, 2.75) is 33.2 Å². The highest BCUT2D eigenvalue weighted by atomic mass is 32.1. The van der Waals surface area contributed by atoms with E-state index in [0.29, 0.717) is 0 Å². The zero-order chi connectivity index (χ0) is 14.5. The maximum atomic E-state index is 11.9. The van der Waals surface area contributed by atoms with Crippen LogP contribution in [0.1, 0.15) is 27.2 Å². The number of carbonyl (C=O) groups is 1. The minimum atomic E-state index is -0.385. The zero-order valence-electron chi connectivity index (χ0n) is 11.8. The number of carbonyl (C=O) groups excluding carboxylic acids is 1. The number of anilines is 1. The zero-order valence-corrected chi connectivity index (χ0v) is 12.6. The Kier molecular flexibility index (Phi) is 4.68. The number of thiazole rings is 1. The van der Waals surface area contributed by atoms with Crippen molar-refractivity contribution in [2.75, 3.05) is 5.32 Å². The Morgan fingerprint density at radius 1 is 1.45 bits per heavy atom. The van der Waals surface area contributed by atoms with Crippen LogP contribution in [0.4, 0.5) is 5.13 Å². The van der Waals surface area contributed by atoms with E-state index in [4.69, 9.17) is 0 Å². The van der Waals surface area contributed by atoms with Crippen LogP contribution in [-0.2, 0) is 4.79 Å². The van der Waals surface area contributed by atoms with Gasteiger partial charge in [-0.3, -0.25) is 4.79 Å². The number of nitrogens with zero attached hydrogens (tertiary/aromatic N) is 2. The van der Waals surface area contributed by atoms with Crippen LogP contribution < -0.4 is 10.7 Å². The van der Waals surface area contributed by atoms with Crippen LogP contribution in [0.5, 0.6) is 0 Å². The fourth-order valence-electron chi connectivity index (χ4n) is 1.51. The summed E-state index contributed by atoms with van der Waals surface area (Å²) in [6.45, 7) is 5.66. The third kappa shape index (κ3) is 3.54. The van der Waals surface area contributed by atoms with Crippen molar-refractivity contribution >= 4 is 38.3 Å². The maximum absolute atomic E-state index is 11.9. The highest BCUT2D eigenvalue weighted by molar-refractivity contribution is 7.22. The van der Waals surface area contributed by atoms with Gasteiger partial charge in [0, 0.05) is 5.71 Å². The molecule has 6 heteroatoms. The Labute approximate surface area is 122 Å². The molecule has 0 radical (unpaired) electrons. The van der Waals surface area contributed by atoms with Crippen LogP contribution in [-0.4, -0.2) is 22.6 Å². The molecule has 0 saturated carbocycles. The lowest BCUT2D eigenvalue weighted by Crippen LogP contribution is -2.35. The molecule has 0 fully saturated rings. The lowest BCUT2D eigenvalue weighted by atomic mass is 10.3. The first-order valence-electron chi connectivity index (χ1n) is 6.55. The van der Waals surface area contributed by atoms with E-state index in [0.717, 1.165) is 27.5 Å². The van der Waals surface area contributed by atoms with Crippen LogP contribution >= 0.6 is 11.3 Å². The fourth-order valence-corrected chi connectivity index (χ4v) is 2.46. The molecule has 2 N–H and O–H groups in total. The Balaban J connectivity index is 2.00. The largest absolute Gasteiger partial charge is 0.350 e. The lowest BCUT2D eigenvalue weighted by molar-refractivity contribution is -0.121. The number of fused-ring (bicyclic) bond motifs is 1. The van der Waals surface area contributed by atoms with E-state index >= 15 is 0 Å². The third-order valence-electron chi connectivity index (χ3n) is 2.90. The van der Waals surface area contributed by atoms with Gasteiger partial charge in [0.1, 0.15) is 6.04 Å². The maximum Gasteiger partial charge on any atom is 0.262 e. The molecule has 0 aliphatic rings. The minimum absolute atomic E-state index is 0.169. The van der Waals surface area contributed by atoms with Gasteiger partial charge >= 0.3 is 0 Å². The first-order chi connectivity index (χ1) is 9.60. The van der Waals surface area contributed by atoms with Crippen molar-refractivity contribution < 1.29 is 4.79 Å². The third-order valence-corrected chi connectivity index (χ3v) is 3.86. The first-order valence-corrected chi connectivity index (χ1v) is 7.37. The summed E-state index contributed by atoms with van der Waals surface area (Å²) in [5.41, 5.74) is 4.38. The molecule has 0 unspecified atom stereocenters. The van der Waals surface area contributed by atoms with Gasteiger partial charge in [-0.25, -0.2) is 10.4 Å². The van der Waals surface area contributed by atoms with Crippen LogP contribution in [0, 0.1) is 0 Å². The number of amides is 1. The highest BCUT2D eigenvalue weighted by Crippen LogP contribution is 2.25. The summed E-state index contributed by atoms with van der Waals surface area (Å²) in [5, 5.41) is 7.85. The van der Waals surface area contributed by atoms with E-state index in [1.54, 1.807) is 6.92 Å². The number of benzene rings is 1. The van der Waals surface area contributed by atoms with Gasteiger partial charge in [0.05, 0.1) is 10.2 Å². The lowest BCUT2D eigenvalue weighted by Gasteiger charge is -2.10. The van der Waals surface area contributed by atoms with Crippen LogP contribution in [0.3, 0.4) is 0 Å². The topological polar surface area (TPSA) is 66.4 Å². The number of para-hydroxylation sites is 1. The Bertz CT molecular complexity index is 602. The Morgan fingerprint density at radius 2 is 2.20 bits per heavy atom. The second-order valence-electron chi connectivity index (χ2n) is 4.53. The summed E-state index contributed by atoms with van der Waals surface area (Å²) in [6, 6.07) is 7.51. The molecule has 20 heavy (non-hydrogen) atoms. The van der Waals surface area contributed by atoms with E-state index in [2.05, 4.69) is 20.8 Å². The molecule has 0 aliphatic heterocycles. The van der Waals surface area contributed by atoms with Crippen LogP contribution in [0.15, 0.2) is 29.4 Å². The number of aromatic nitrogens is 1. The van der Waals surface area contributed by atoms with Gasteiger partial charge in [-0.2, -0.15) is 5.10 Å². The summed E-state index contributed by atoms with van der Waals surface area (Å²) in [4.78, 5) is 16.3. The smallest absolute Gasteiger partial charge is 0.262 e. The number of rotatable bonds is 5. The van der Waals surface area contributed by atoms with E-state index in [-0.39, 0.29) is 11.9 Å². The van der Waals surface area contributed by atoms with Crippen molar-refractivity contribution in [1.29, 1.82) is 0 Å². The summed E-state index contributed by atoms with van der Waals surface area (Å²) < 4.78 is 1.10. The molecule has 1 amide bonds.